The van der Waals surface area contributed by atoms with Crippen LogP contribution in [0.15, 0.2) is 24.3 Å². The molecule has 82 valence electrons. The Morgan fingerprint density at radius 3 is 2.80 bits per heavy atom. The molecule has 0 spiro atoms. The molecule has 3 N–H and O–H groups in total. The molecule has 1 unspecified atom stereocenters. The topological polar surface area (TPSA) is 38.0 Å². The van der Waals surface area contributed by atoms with E-state index in [1.807, 2.05) is 20.0 Å². The first-order chi connectivity index (χ1) is 7.13. The Kier molecular flexibility index (Phi) is 4.37. The zero-order valence-electron chi connectivity index (χ0n) is 9.75. The Hall–Kier alpha value is -1.28. The lowest BCUT2D eigenvalue weighted by Crippen LogP contribution is -2.19. The van der Waals surface area contributed by atoms with Gasteiger partial charge in [0.15, 0.2) is 0 Å². The molecule has 1 rings (SSSR count). The maximum atomic E-state index is 5.83. The van der Waals surface area contributed by atoms with Crippen molar-refractivity contribution in [1.29, 1.82) is 0 Å². The first kappa shape index (κ1) is 11.8. The third-order valence-corrected chi connectivity index (χ3v) is 2.60. The molecule has 0 radical (unpaired) electrons. The maximum Gasteiger partial charge on any atom is 0.0349 e. The zero-order valence-corrected chi connectivity index (χ0v) is 9.75. The van der Waals surface area contributed by atoms with E-state index >= 15 is 0 Å². The van der Waals surface area contributed by atoms with Crippen molar-refractivity contribution < 1.29 is 0 Å². The predicted molar refractivity (Wildman–Crippen MR) is 67.8 cm³/mol. The summed E-state index contributed by atoms with van der Waals surface area (Å²) < 4.78 is 0. The summed E-state index contributed by atoms with van der Waals surface area (Å²) in [6.07, 6.45) is 5.32. The minimum absolute atomic E-state index is 0.518. The molecule has 1 aromatic carbocycles. The molecule has 15 heavy (non-hydrogen) atoms. The van der Waals surface area contributed by atoms with Crippen LogP contribution >= 0.6 is 0 Å². The molecule has 0 saturated heterocycles. The van der Waals surface area contributed by atoms with Gasteiger partial charge in [-0.2, -0.15) is 0 Å². The van der Waals surface area contributed by atoms with Gasteiger partial charge in [0, 0.05) is 11.7 Å². The Labute approximate surface area is 92.2 Å². The molecule has 0 aromatic heterocycles. The van der Waals surface area contributed by atoms with Crippen LogP contribution in [-0.2, 0) is 0 Å². The first-order valence-electron chi connectivity index (χ1n) is 5.33. The number of nitrogen functional groups attached to an aromatic ring is 1. The number of nitrogens with two attached hydrogens (primary N) is 1. The smallest absolute Gasteiger partial charge is 0.0349 e. The number of benzene rings is 1. The Morgan fingerprint density at radius 2 is 2.20 bits per heavy atom. The second-order valence-corrected chi connectivity index (χ2v) is 3.94. The van der Waals surface area contributed by atoms with E-state index in [4.69, 9.17) is 5.73 Å². The van der Waals surface area contributed by atoms with Crippen LogP contribution in [0.1, 0.15) is 24.5 Å². The van der Waals surface area contributed by atoms with E-state index < -0.39 is 0 Å². The molecule has 0 amide bonds. The second-order valence-electron chi connectivity index (χ2n) is 3.94. The van der Waals surface area contributed by atoms with Crippen molar-refractivity contribution in [2.24, 2.45) is 0 Å². The average Bonchev–Trinajstić information content (AvgIpc) is 2.23. The van der Waals surface area contributed by atoms with Gasteiger partial charge in [-0.05, 0) is 44.5 Å². The van der Waals surface area contributed by atoms with Crippen LogP contribution < -0.4 is 11.1 Å². The zero-order chi connectivity index (χ0) is 11.3. The van der Waals surface area contributed by atoms with Gasteiger partial charge in [0.25, 0.3) is 0 Å². The summed E-state index contributed by atoms with van der Waals surface area (Å²) in [6.45, 7) is 4.18. The van der Waals surface area contributed by atoms with Crippen LogP contribution in [0.4, 0.5) is 5.69 Å². The lowest BCUT2D eigenvalue weighted by atomic mass is 10.1. The molecular weight excluding hydrogens is 184 g/mol. The third-order valence-electron chi connectivity index (χ3n) is 2.60. The van der Waals surface area contributed by atoms with E-state index in [1.165, 1.54) is 5.56 Å². The summed E-state index contributed by atoms with van der Waals surface area (Å²) in [5, 5.41) is 3.20. The van der Waals surface area contributed by atoms with Gasteiger partial charge in [-0.15, -0.1) is 0 Å². The molecule has 0 heterocycles. The van der Waals surface area contributed by atoms with Gasteiger partial charge in [0.05, 0.1) is 0 Å². The molecule has 1 atom stereocenters. The minimum atomic E-state index is 0.518. The fourth-order valence-electron chi connectivity index (χ4n) is 1.29. The summed E-state index contributed by atoms with van der Waals surface area (Å²) in [7, 11) is 1.97. The summed E-state index contributed by atoms with van der Waals surface area (Å²) in [5.41, 5.74) is 9.00. The fourth-order valence-corrected chi connectivity index (χ4v) is 1.29. The van der Waals surface area contributed by atoms with Crippen LogP contribution in [0.3, 0.4) is 0 Å². The van der Waals surface area contributed by atoms with Gasteiger partial charge >= 0.3 is 0 Å². The van der Waals surface area contributed by atoms with Crippen LogP contribution in [-0.4, -0.2) is 13.1 Å². The highest BCUT2D eigenvalue weighted by atomic mass is 14.8. The average molecular weight is 204 g/mol. The molecule has 2 heteroatoms. The molecule has 0 aliphatic heterocycles. The number of hydrogen-bond donors (Lipinski definition) is 2. The van der Waals surface area contributed by atoms with Crippen molar-refractivity contribution in [2.45, 2.75) is 26.3 Å². The van der Waals surface area contributed by atoms with E-state index in [2.05, 4.69) is 36.5 Å². The number of aryl methyl sites for hydroxylation is 1. The van der Waals surface area contributed by atoms with E-state index in [0.29, 0.717) is 6.04 Å². The van der Waals surface area contributed by atoms with E-state index in [1.54, 1.807) is 0 Å². The summed E-state index contributed by atoms with van der Waals surface area (Å²) in [6, 6.07) is 6.67. The molecular formula is C13H20N2. The van der Waals surface area contributed by atoms with Gasteiger partial charge in [-0.3, -0.25) is 0 Å². The summed E-state index contributed by atoms with van der Waals surface area (Å²) >= 11 is 0. The standard InChI is InChI=1S/C13H20N2/c1-10-7-8-12(9-13(10)14)6-4-5-11(2)15-3/h4,6-9,11,15H,5,14H2,1-3H3/b6-4+. The lowest BCUT2D eigenvalue weighted by molar-refractivity contribution is 0.621. The highest BCUT2D eigenvalue weighted by molar-refractivity contribution is 5.58. The van der Waals surface area contributed by atoms with Gasteiger partial charge in [-0.25, -0.2) is 0 Å². The summed E-state index contributed by atoms with van der Waals surface area (Å²) in [4.78, 5) is 0. The quantitative estimate of drug-likeness (QED) is 0.740. The molecule has 0 bridgehead atoms. The minimum Gasteiger partial charge on any atom is -0.398 e. The molecule has 2 nitrogen and oxygen atoms in total. The van der Waals surface area contributed by atoms with Crippen LogP contribution in [0, 0.1) is 6.92 Å². The SMILES string of the molecule is CNC(C)C/C=C/c1ccc(C)c(N)c1. The first-order valence-corrected chi connectivity index (χ1v) is 5.33. The molecule has 1 aromatic rings. The van der Waals surface area contributed by atoms with Crippen molar-refractivity contribution in [3.8, 4) is 0 Å². The second kappa shape index (κ2) is 5.56. The van der Waals surface area contributed by atoms with E-state index in [-0.39, 0.29) is 0 Å². The predicted octanol–water partition coefficient (Wildman–Crippen LogP) is 2.59. The van der Waals surface area contributed by atoms with Crippen molar-refractivity contribution in [3.05, 3.63) is 35.4 Å². The highest BCUT2D eigenvalue weighted by Gasteiger charge is 1.95. The van der Waals surface area contributed by atoms with Gasteiger partial charge in [0.1, 0.15) is 0 Å². The van der Waals surface area contributed by atoms with Crippen molar-refractivity contribution >= 4 is 11.8 Å². The third kappa shape index (κ3) is 3.76. The largest absolute Gasteiger partial charge is 0.398 e. The number of nitrogens with one attached hydrogen (secondary N) is 1. The number of hydrogen-bond acceptors (Lipinski definition) is 2. The van der Waals surface area contributed by atoms with E-state index in [0.717, 1.165) is 17.7 Å². The molecule has 0 aliphatic rings. The number of anilines is 1. The van der Waals surface area contributed by atoms with Crippen molar-refractivity contribution in [2.75, 3.05) is 12.8 Å². The molecule has 0 aliphatic carbocycles. The van der Waals surface area contributed by atoms with E-state index in [9.17, 15) is 0 Å². The van der Waals surface area contributed by atoms with Crippen LogP contribution in [0.2, 0.25) is 0 Å². The van der Waals surface area contributed by atoms with Crippen molar-refractivity contribution in [1.82, 2.24) is 5.32 Å². The maximum absolute atomic E-state index is 5.83. The van der Waals surface area contributed by atoms with Crippen LogP contribution in [0.5, 0.6) is 0 Å². The Balaban J connectivity index is 2.61. The van der Waals surface area contributed by atoms with Crippen molar-refractivity contribution in [3.63, 3.8) is 0 Å². The summed E-state index contributed by atoms with van der Waals surface area (Å²) in [5.74, 6) is 0. The van der Waals surface area contributed by atoms with Gasteiger partial charge in [0.2, 0.25) is 0 Å². The van der Waals surface area contributed by atoms with Gasteiger partial charge < -0.3 is 11.1 Å². The number of rotatable bonds is 4. The van der Waals surface area contributed by atoms with Crippen LogP contribution in [0.25, 0.3) is 6.08 Å². The highest BCUT2D eigenvalue weighted by Crippen LogP contribution is 2.14. The normalized spacial score (nSPS) is 13.3. The fraction of sp³-hybridized carbons (Fsp3) is 0.385. The molecule has 0 saturated carbocycles. The molecule has 0 fully saturated rings. The lowest BCUT2D eigenvalue weighted by Gasteiger charge is -2.05. The Bertz CT molecular complexity index is 342. The Morgan fingerprint density at radius 1 is 1.47 bits per heavy atom. The monoisotopic (exact) mass is 204 g/mol. The van der Waals surface area contributed by atoms with Gasteiger partial charge in [-0.1, -0.05) is 24.3 Å².